The van der Waals surface area contributed by atoms with Crippen LogP contribution in [0.15, 0.2) is 0 Å². The Hall–Kier alpha value is -0.850. The molecule has 0 aromatic heterocycles. The maximum absolute atomic E-state index is 12.1. The topological polar surface area (TPSA) is 49.3 Å². The predicted octanol–water partition coefficient (Wildman–Crippen LogP) is 0.384. The number of rotatable bonds is 4. The SMILES string of the molecule is C[C@H](O)CNC(=O)C(F)(F)C(F)F. The number of amides is 1. The zero-order valence-electron chi connectivity index (χ0n) is 6.73. The lowest BCUT2D eigenvalue weighted by Crippen LogP contribution is -2.46. The quantitative estimate of drug-likeness (QED) is 0.649. The summed E-state index contributed by atoms with van der Waals surface area (Å²) >= 11 is 0. The van der Waals surface area contributed by atoms with Gasteiger partial charge in [-0.05, 0) is 6.92 Å². The molecule has 1 atom stereocenters. The third-order valence-electron chi connectivity index (χ3n) is 1.13. The Kier molecular flexibility index (Phi) is 4.12. The van der Waals surface area contributed by atoms with E-state index in [4.69, 9.17) is 5.11 Å². The van der Waals surface area contributed by atoms with E-state index >= 15 is 0 Å². The van der Waals surface area contributed by atoms with Crippen LogP contribution in [0.3, 0.4) is 0 Å². The second kappa shape index (κ2) is 4.40. The zero-order valence-corrected chi connectivity index (χ0v) is 6.73. The van der Waals surface area contributed by atoms with Gasteiger partial charge in [0.2, 0.25) is 0 Å². The van der Waals surface area contributed by atoms with Crippen molar-refractivity contribution in [3.05, 3.63) is 0 Å². The second-order valence-corrected chi connectivity index (χ2v) is 2.48. The van der Waals surface area contributed by atoms with Gasteiger partial charge >= 0.3 is 12.3 Å². The molecule has 78 valence electrons. The first-order valence-corrected chi connectivity index (χ1v) is 3.40. The van der Waals surface area contributed by atoms with Crippen molar-refractivity contribution in [2.45, 2.75) is 25.4 Å². The molecular weight excluding hydrogens is 194 g/mol. The van der Waals surface area contributed by atoms with Gasteiger partial charge in [0.1, 0.15) is 0 Å². The number of carbonyl (C=O) groups is 1. The van der Waals surface area contributed by atoms with Crippen molar-refractivity contribution in [3.8, 4) is 0 Å². The zero-order chi connectivity index (χ0) is 10.6. The van der Waals surface area contributed by atoms with Gasteiger partial charge in [0.05, 0.1) is 6.10 Å². The van der Waals surface area contributed by atoms with E-state index < -0.39 is 30.9 Å². The van der Waals surface area contributed by atoms with Crippen LogP contribution in [0.1, 0.15) is 6.92 Å². The first kappa shape index (κ1) is 12.2. The van der Waals surface area contributed by atoms with Gasteiger partial charge in [0, 0.05) is 6.54 Å². The number of aliphatic hydroxyl groups excluding tert-OH is 1. The molecule has 0 saturated carbocycles. The molecule has 0 aliphatic heterocycles. The van der Waals surface area contributed by atoms with Crippen LogP contribution in [0.5, 0.6) is 0 Å². The van der Waals surface area contributed by atoms with Crippen LogP contribution >= 0.6 is 0 Å². The van der Waals surface area contributed by atoms with Gasteiger partial charge in [-0.2, -0.15) is 8.78 Å². The first-order valence-electron chi connectivity index (χ1n) is 3.40. The summed E-state index contributed by atoms with van der Waals surface area (Å²) in [7, 11) is 0. The molecule has 0 aliphatic carbocycles. The number of hydrogen-bond donors (Lipinski definition) is 2. The van der Waals surface area contributed by atoms with Crippen LogP contribution in [-0.4, -0.2) is 36.0 Å². The summed E-state index contributed by atoms with van der Waals surface area (Å²) in [6.07, 6.45) is -5.10. The highest BCUT2D eigenvalue weighted by molar-refractivity contribution is 5.83. The summed E-state index contributed by atoms with van der Waals surface area (Å²) in [5, 5.41) is 10.0. The fourth-order valence-corrected chi connectivity index (χ4v) is 0.457. The summed E-state index contributed by atoms with van der Waals surface area (Å²) in [6.45, 7) is 0.738. The Morgan fingerprint density at radius 2 is 2.00 bits per heavy atom. The minimum Gasteiger partial charge on any atom is -0.392 e. The van der Waals surface area contributed by atoms with E-state index in [-0.39, 0.29) is 0 Å². The van der Waals surface area contributed by atoms with Gasteiger partial charge in [-0.15, -0.1) is 0 Å². The van der Waals surface area contributed by atoms with Gasteiger partial charge in [-0.1, -0.05) is 0 Å². The molecular formula is C6H9F4NO2. The molecule has 3 nitrogen and oxygen atoms in total. The molecule has 7 heteroatoms. The van der Waals surface area contributed by atoms with Crippen molar-refractivity contribution < 1.29 is 27.5 Å². The van der Waals surface area contributed by atoms with Crippen LogP contribution in [0, 0.1) is 0 Å². The van der Waals surface area contributed by atoms with E-state index in [1.54, 1.807) is 0 Å². The average molecular weight is 203 g/mol. The van der Waals surface area contributed by atoms with Crippen LogP contribution < -0.4 is 5.32 Å². The number of aliphatic hydroxyl groups is 1. The number of alkyl halides is 4. The molecule has 1 amide bonds. The monoisotopic (exact) mass is 203 g/mol. The van der Waals surface area contributed by atoms with E-state index in [1.807, 2.05) is 0 Å². The molecule has 13 heavy (non-hydrogen) atoms. The standard InChI is InChI=1S/C6H9F4NO2/c1-3(12)2-11-5(13)6(9,10)4(7)8/h3-4,12H,2H2,1H3,(H,11,13)/t3-/m0/s1. The summed E-state index contributed by atoms with van der Waals surface area (Å²) in [6, 6.07) is 0. The van der Waals surface area contributed by atoms with E-state index in [1.165, 1.54) is 12.2 Å². The van der Waals surface area contributed by atoms with Crippen LogP contribution in [0.4, 0.5) is 17.6 Å². The van der Waals surface area contributed by atoms with Crippen molar-refractivity contribution in [3.63, 3.8) is 0 Å². The summed E-state index contributed by atoms with van der Waals surface area (Å²) < 4.78 is 47.3. The number of carbonyl (C=O) groups excluding carboxylic acids is 1. The number of hydrogen-bond acceptors (Lipinski definition) is 2. The van der Waals surface area contributed by atoms with Crippen molar-refractivity contribution in [1.29, 1.82) is 0 Å². The minimum absolute atomic E-state index is 0.485. The molecule has 2 N–H and O–H groups in total. The van der Waals surface area contributed by atoms with E-state index in [0.717, 1.165) is 0 Å². The maximum Gasteiger partial charge on any atom is 0.383 e. The van der Waals surface area contributed by atoms with Gasteiger partial charge in [0.15, 0.2) is 0 Å². The van der Waals surface area contributed by atoms with Gasteiger partial charge < -0.3 is 10.4 Å². The molecule has 0 fully saturated rings. The smallest absolute Gasteiger partial charge is 0.383 e. The average Bonchev–Trinajstić information content (AvgIpc) is 1.99. The van der Waals surface area contributed by atoms with Crippen LogP contribution in [0.25, 0.3) is 0 Å². The Morgan fingerprint density at radius 1 is 1.54 bits per heavy atom. The lowest BCUT2D eigenvalue weighted by Gasteiger charge is -2.15. The second-order valence-electron chi connectivity index (χ2n) is 2.48. The lowest BCUT2D eigenvalue weighted by atomic mass is 10.3. The molecule has 0 spiro atoms. The Balaban J connectivity index is 4.10. The van der Waals surface area contributed by atoms with Gasteiger partial charge in [-0.25, -0.2) is 8.78 Å². The van der Waals surface area contributed by atoms with Gasteiger partial charge in [-0.3, -0.25) is 4.79 Å². The minimum atomic E-state index is -4.70. The largest absolute Gasteiger partial charge is 0.392 e. The highest BCUT2D eigenvalue weighted by atomic mass is 19.3. The van der Waals surface area contributed by atoms with Crippen molar-refractivity contribution in [2.24, 2.45) is 0 Å². The predicted molar refractivity (Wildman–Crippen MR) is 35.6 cm³/mol. The molecule has 0 saturated heterocycles. The fraction of sp³-hybridized carbons (Fsp3) is 0.833. The highest BCUT2D eigenvalue weighted by Crippen LogP contribution is 2.22. The Bertz CT molecular complexity index is 183. The van der Waals surface area contributed by atoms with Crippen molar-refractivity contribution >= 4 is 5.91 Å². The van der Waals surface area contributed by atoms with Crippen molar-refractivity contribution in [2.75, 3.05) is 6.54 Å². The third-order valence-corrected chi connectivity index (χ3v) is 1.13. The van der Waals surface area contributed by atoms with Gasteiger partial charge in [0.25, 0.3) is 5.91 Å². The number of halogens is 4. The molecule has 0 rings (SSSR count). The molecule has 0 heterocycles. The van der Waals surface area contributed by atoms with Crippen LogP contribution in [0.2, 0.25) is 0 Å². The maximum atomic E-state index is 12.1. The third kappa shape index (κ3) is 3.58. The summed E-state index contributed by atoms with van der Waals surface area (Å²) in [4.78, 5) is 10.4. The molecule has 0 aromatic rings. The highest BCUT2D eigenvalue weighted by Gasteiger charge is 2.48. The summed E-state index contributed by atoms with van der Waals surface area (Å²) in [5.74, 6) is -6.78. The van der Waals surface area contributed by atoms with Crippen LogP contribution in [-0.2, 0) is 4.79 Å². The number of nitrogens with one attached hydrogen (secondary N) is 1. The normalized spacial score (nSPS) is 14.4. The molecule has 0 radical (unpaired) electrons. The Morgan fingerprint density at radius 3 is 2.31 bits per heavy atom. The summed E-state index contributed by atoms with van der Waals surface area (Å²) in [5.41, 5.74) is 0. The lowest BCUT2D eigenvalue weighted by molar-refractivity contribution is -0.169. The van der Waals surface area contributed by atoms with E-state index in [2.05, 4.69) is 0 Å². The molecule has 0 aliphatic rings. The Labute approximate surface area is 71.7 Å². The molecule has 0 bridgehead atoms. The van der Waals surface area contributed by atoms with E-state index in [0.29, 0.717) is 0 Å². The first-order chi connectivity index (χ1) is 5.78. The molecule has 0 unspecified atom stereocenters. The van der Waals surface area contributed by atoms with E-state index in [9.17, 15) is 22.4 Å². The molecule has 0 aromatic carbocycles. The fourth-order valence-electron chi connectivity index (χ4n) is 0.457. The van der Waals surface area contributed by atoms with Crippen molar-refractivity contribution in [1.82, 2.24) is 5.32 Å².